The molecule has 6 heteroatoms. The van der Waals surface area contributed by atoms with Crippen LogP contribution in [-0.4, -0.2) is 12.5 Å². The topological polar surface area (TPSA) is 41.1 Å². The quantitative estimate of drug-likeness (QED) is 0.857. The van der Waals surface area contributed by atoms with Crippen molar-refractivity contribution in [3.05, 3.63) is 57.8 Å². The van der Waals surface area contributed by atoms with Crippen molar-refractivity contribution in [2.75, 3.05) is 17.2 Å². The summed E-state index contributed by atoms with van der Waals surface area (Å²) >= 11 is 9.07. The van der Waals surface area contributed by atoms with Crippen LogP contribution in [0.4, 0.5) is 15.8 Å². The van der Waals surface area contributed by atoms with Gasteiger partial charge in [0.25, 0.3) is 0 Å². The number of hydrogen-bond acceptors (Lipinski definition) is 2. The molecule has 0 aromatic heterocycles. The van der Waals surface area contributed by atoms with Crippen LogP contribution >= 0.6 is 27.5 Å². The second kappa shape index (κ2) is 6.72. The number of rotatable bonds is 4. The smallest absolute Gasteiger partial charge is 0.243 e. The van der Waals surface area contributed by atoms with Crippen LogP contribution in [0, 0.1) is 5.82 Å². The molecule has 1 amide bonds. The van der Waals surface area contributed by atoms with E-state index in [-0.39, 0.29) is 18.1 Å². The predicted molar refractivity (Wildman–Crippen MR) is 82.7 cm³/mol. The molecule has 0 aliphatic heterocycles. The van der Waals surface area contributed by atoms with Gasteiger partial charge in [0.05, 0.1) is 12.2 Å². The molecule has 2 rings (SSSR count). The third-order valence-electron chi connectivity index (χ3n) is 2.50. The fourth-order valence-electron chi connectivity index (χ4n) is 1.54. The van der Waals surface area contributed by atoms with Gasteiger partial charge in [-0.15, -0.1) is 0 Å². The van der Waals surface area contributed by atoms with Crippen molar-refractivity contribution in [1.29, 1.82) is 0 Å². The zero-order valence-corrected chi connectivity index (χ0v) is 12.6. The maximum atomic E-state index is 13.4. The van der Waals surface area contributed by atoms with E-state index in [0.717, 1.165) is 10.2 Å². The molecule has 0 bridgehead atoms. The first kappa shape index (κ1) is 14.8. The van der Waals surface area contributed by atoms with E-state index in [1.807, 2.05) is 24.3 Å². The Morgan fingerprint density at radius 1 is 1.20 bits per heavy atom. The molecule has 2 aromatic rings. The Bertz CT molecular complexity index is 619. The van der Waals surface area contributed by atoms with Crippen LogP contribution in [0.15, 0.2) is 46.9 Å². The molecule has 0 fully saturated rings. The number of benzene rings is 2. The zero-order valence-electron chi connectivity index (χ0n) is 10.3. The van der Waals surface area contributed by atoms with Crippen molar-refractivity contribution < 1.29 is 9.18 Å². The van der Waals surface area contributed by atoms with E-state index in [9.17, 15) is 9.18 Å². The highest BCUT2D eigenvalue weighted by atomic mass is 79.9. The lowest BCUT2D eigenvalue weighted by Gasteiger charge is -2.09. The molecule has 0 aliphatic carbocycles. The predicted octanol–water partition coefficient (Wildman–Crippen LogP) is 4.29. The van der Waals surface area contributed by atoms with Crippen LogP contribution in [0.5, 0.6) is 0 Å². The minimum absolute atomic E-state index is 0.0353. The third kappa shape index (κ3) is 4.21. The molecule has 104 valence electrons. The molecule has 0 spiro atoms. The van der Waals surface area contributed by atoms with E-state index in [0.29, 0.717) is 5.02 Å². The van der Waals surface area contributed by atoms with Crippen molar-refractivity contribution in [3.8, 4) is 0 Å². The molecule has 0 saturated carbocycles. The Kier molecular flexibility index (Phi) is 4.98. The summed E-state index contributed by atoms with van der Waals surface area (Å²) in [6.07, 6.45) is 0. The van der Waals surface area contributed by atoms with E-state index < -0.39 is 5.82 Å². The van der Waals surface area contributed by atoms with Crippen molar-refractivity contribution in [3.63, 3.8) is 0 Å². The Morgan fingerprint density at radius 3 is 2.60 bits per heavy atom. The van der Waals surface area contributed by atoms with E-state index in [4.69, 9.17) is 11.6 Å². The third-order valence-corrected chi connectivity index (χ3v) is 3.26. The highest BCUT2D eigenvalue weighted by Gasteiger charge is 2.07. The van der Waals surface area contributed by atoms with E-state index in [1.165, 1.54) is 18.2 Å². The minimum atomic E-state index is -0.522. The standard InChI is InChI=1S/C14H11BrClFN2O/c15-9-1-4-11(5-2-9)18-8-14(20)19-13-7-10(16)3-6-12(13)17/h1-7,18H,8H2,(H,19,20). The van der Waals surface area contributed by atoms with Gasteiger partial charge in [0.1, 0.15) is 5.82 Å². The van der Waals surface area contributed by atoms with Gasteiger partial charge in [-0.3, -0.25) is 4.79 Å². The number of halogens is 3. The molecule has 0 saturated heterocycles. The van der Waals surface area contributed by atoms with Crippen LogP contribution in [-0.2, 0) is 4.79 Å². The van der Waals surface area contributed by atoms with Gasteiger partial charge in [0.15, 0.2) is 0 Å². The van der Waals surface area contributed by atoms with E-state index >= 15 is 0 Å². The maximum absolute atomic E-state index is 13.4. The molecule has 2 N–H and O–H groups in total. The lowest BCUT2D eigenvalue weighted by atomic mass is 10.3. The zero-order chi connectivity index (χ0) is 14.5. The van der Waals surface area contributed by atoms with Gasteiger partial charge in [-0.2, -0.15) is 0 Å². The van der Waals surface area contributed by atoms with Gasteiger partial charge in [0.2, 0.25) is 5.91 Å². The first-order chi connectivity index (χ1) is 9.54. The number of carbonyl (C=O) groups is 1. The summed E-state index contributed by atoms with van der Waals surface area (Å²) < 4.78 is 14.4. The molecule has 3 nitrogen and oxygen atoms in total. The average molecular weight is 358 g/mol. The van der Waals surface area contributed by atoms with Gasteiger partial charge in [-0.1, -0.05) is 27.5 Å². The number of amides is 1. The largest absolute Gasteiger partial charge is 0.376 e. The monoisotopic (exact) mass is 356 g/mol. The normalized spacial score (nSPS) is 10.2. The van der Waals surface area contributed by atoms with Gasteiger partial charge in [0, 0.05) is 15.2 Å². The molecule has 2 aromatic carbocycles. The second-order valence-electron chi connectivity index (χ2n) is 4.03. The highest BCUT2D eigenvalue weighted by Crippen LogP contribution is 2.19. The van der Waals surface area contributed by atoms with E-state index in [1.54, 1.807) is 0 Å². The van der Waals surface area contributed by atoms with Crippen LogP contribution in [0.3, 0.4) is 0 Å². The fraction of sp³-hybridized carbons (Fsp3) is 0.0714. The van der Waals surface area contributed by atoms with Crippen LogP contribution in [0.25, 0.3) is 0 Å². The molecule has 0 unspecified atom stereocenters. The Hall–Kier alpha value is -1.59. The van der Waals surface area contributed by atoms with E-state index in [2.05, 4.69) is 26.6 Å². The highest BCUT2D eigenvalue weighted by molar-refractivity contribution is 9.10. The number of anilines is 2. The maximum Gasteiger partial charge on any atom is 0.243 e. The lowest BCUT2D eigenvalue weighted by molar-refractivity contribution is -0.114. The van der Waals surface area contributed by atoms with Crippen LogP contribution in [0.2, 0.25) is 5.02 Å². The van der Waals surface area contributed by atoms with Crippen LogP contribution in [0.1, 0.15) is 0 Å². The van der Waals surface area contributed by atoms with Crippen LogP contribution < -0.4 is 10.6 Å². The van der Waals surface area contributed by atoms with Gasteiger partial charge in [-0.05, 0) is 42.5 Å². The molecule has 0 aliphatic rings. The summed E-state index contributed by atoms with van der Waals surface area (Å²) in [5.41, 5.74) is 0.870. The summed E-state index contributed by atoms with van der Waals surface area (Å²) in [7, 11) is 0. The SMILES string of the molecule is O=C(CNc1ccc(Br)cc1)Nc1cc(Cl)ccc1F. The molecule has 0 radical (unpaired) electrons. The number of carbonyl (C=O) groups excluding carboxylic acids is 1. The van der Waals surface area contributed by atoms with Crippen molar-refractivity contribution >= 4 is 44.8 Å². The fourth-order valence-corrected chi connectivity index (χ4v) is 1.97. The Labute approximate surface area is 129 Å². The molecular weight excluding hydrogens is 347 g/mol. The first-order valence-electron chi connectivity index (χ1n) is 5.79. The summed E-state index contributed by atoms with van der Waals surface area (Å²) in [6, 6.07) is 11.4. The molecule has 0 atom stereocenters. The second-order valence-corrected chi connectivity index (χ2v) is 5.38. The first-order valence-corrected chi connectivity index (χ1v) is 6.96. The van der Waals surface area contributed by atoms with Crippen molar-refractivity contribution in [1.82, 2.24) is 0 Å². The Morgan fingerprint density at radius 2 is 1.90 bits per heavy atom. The number of nitrogens with one attached hydrogen (secondary N) is 2. The lowest BCUT2D eigenvalue weighted by Crippen LogP contribution is -2.22. The number of hydrogen-bond donors (Lipinski definition) is 2. The molecule has 0 heterocycles. The van der Waals surface area contributed by atoms with Gasteiger partial charge in [-0.25, -0.2) is 4.39 Å². The van der Waals surface area contributed by atoms with Crippen molar-refractivity contribution in [2.24, 2.45) is 0 Å². The summed E-state index contributed by atoms with van der Waals surface area (Å²) in [4.78, 5) is 11.7. The Balaban J connectivity index is 1.92. The molecule has 20 heavy (non-hydrogen) atoms. The average Bonchev–Trinajstić information content (AvgIpc) is 2.42. The van der Waals surface area contributed by atoms with Crippen molar-refractivity contribution in [2.45, 2.75) is 0 Å². The van der Waals surface area contributed by atoms with Gasteiger partial charge >= 0.3 is 0 Å². The molecular formula is C14H11BrClFN2O. The summed E-state index contributed by atoms with van der Waals surface area (Å²) in [5, 5.41) is 5.76. The summed E-state index contributed by atoms with van der Waals surface area (Å²) in [6.45, 7) is 0.0353. The summed E-state index contributed by atoms with van der Waals surface area (Å²) in [5.74, 6) is -0.875. The minimum Gasteiger partial charge on any atom is -0.376 e. The van der Waals surface area contributed by atoms with Gasteiger partial charge < -0.3 is 10.6 Å².